The van der Waals surface area contributed by atoms with Gasteiger partial charge in [-0.25, -0.2) is 19.7 Å². The third kappa shape index (κ3) is 3.42. The molecule has 6 heteroatoms. The van der Waals surface area contributed by atoms with Crippen molar-refractivity contribution in [3.05, 3.63) is 47.7 Å². The molecule has 0 saturated carbocycles. The Morgan fingerprint density at radius 2 is 1.88 bits per heavy atom. The van der Waals surface area contributed by atoms with Gasteiger partial charge in [-0.2, -0.15) is 0 Å². The monoisotopic (exact) mass is 336 g/mol. The number of ether oxygens (including phenoxy) is 1. The van der Waals surface area contributed by atoms with Crippen molar-refractivity contribution < 1.29 is 9.53 Å². The predicted molar refractivity (Wildman–Crippen MR) is 97.1 cm³/mol. The molecule has 3 aromatic rings. The highest BCUT2D eigenvalue weighted by molar-refractivity contribution is 5.97. The summed E-state index contributed by atoms with van der Waals surface area (Å²) in [4.78, 5) is 25.5. The number of rotatable bonds is 5. The van der Waals surface area contributed by atoms with E-state index in [4.69, 9.17) is 15.5 Å². The van der Waals surface area contributed by atoms with Crippen molar-refractivity contribution in [3.8, 4) is 11.3 Å². The normalized spacial score (nSPS) is 10.8. The Labute approximate surface area is 146 Å². The zero-order valence-corrected chi connectivity index (χ0v) is 14.3. The Morgan fingerprint density at radius 3 is 2.64 bits per heavy atom. The number of carbonyl (C=O) groups is 1. The predicted octanol–water partition coefficient (Wildman–Crippen LogP) is 3.40. The number of carbonyl (C=O) groups excluding carboxylic acids is 1. The van der Waals surface area contributed by atoms with Crippen LogP contribution in [0.15, 0.2) is 36.4 Å². The highest BCUT2D eigenvalue weighted by Crippen LogP contribution is 2.26. The van der Waals surface area contributed by atoms with E-state index < -0.39 is 0 Å². The Hall–Kier alpha value is -3.02. The summed E-state index contributed by atoms with van der Waals surface area (Å²) in [6.07, 6.45) is 1.69. The van der Waals surface area contributed by atoms with Gasteiger partial charge in [0.25, 0.3) is 0 Å². The number of fused-ring (bicyclic) bond motifs is 1. The lowest BCUT2D eigenvalue weighted by atomic mass is 10.0. The number of nitrogens with two attached hydrogens (primary N) is 1. The first kappa shape index (κ1) is 16.8. The highest BCUT2D eigenvalue weighted by atomic mass is 16.5. The lowest BCUT2D eigenvalue weighted by molar-refractivity contribution is 0.0527. The number of anilines is 1. The molecule has 3 rings (SSSR count). The minimum absolute atomic E-state index is 0.248. The van der Waals surface area contributed by atoms with Gasteiger partial charge in [0.2, 0.25) is 5.95 Å². The van der Waals surface area contributed by atoms with Gasteiger partial charge in [-0.05, 0) is 31.5 Å². The SMILES string of the molecule is CCCc1nc(N)nc2ccc(-c3ccccc3C(=O)OCC)nc12. The van der Waals surface area contributed by atoms with E-state index in [2.05, 4.69) is 16.9 Å². The van der Waals surface area contributed by atoms with Crippen LogP contribution in [0.1, 0.15) is 36.3 Å². The lowest BCUT2D eigenvalue weighted by Gasteiger charge is -2.10. The molecule has 0 spiro atoms. The summed E-state index contributed by atoms with van der Waals surface area (Å²) in [5.41, 5.74) is 9.92. The third-order valence-corrected chi connectivity index (χ3v) is 3.82. The number of nitrogens with zero attached hydrogens (tertiary/aromatic N) is 3. The zero-order valence-electron chi connectivity index (χ0n) is 14.3. The summed E-state index contributed by atoms with van der Waals surface area (Å²) < 4.78 is 5.15. The third-order valence-electron chi connectivity index (χ3n) is 3.82. The fraction of sp³-hybridized carbons (Fsp3) is 0.263. The molecule has 2 aromatic heterocycles. The Balaban J connectivity index is 2.16. The van der Waals surface area contributed by atoms with Gasteiger partial charge in [-0.15, -0.1) is 0 Å². The smallest absolute Gasteiger partial charge is 0.338 e. The summed E-state index contributed by atoms with van der Waals surface area (Å²) in [7, 11) is 0. The molecule has 1 aromatic carbocycles. The van der Waals surface area contributed by atoms with E-state index in [-0.39, 0.29) is 11.9 Å². The molecule has 0 aliphatic carbocycles. The maximum atomic E-state index is 12.2. The van der Waals surface area contributed by atoms with Crippen molar-refractivity contribution >= 4 is 23.0 Å². The van der Waals surface area contributed by atoms with Gasteiger partial charge in [0.05, 0.1) is 29.1 Å². The fourth-order valence-electron chi connectivity index (χ4n) is 2.75. The van der Waals surface area contributed by atoms with Crippen LogP contribution in [0.3, 0.4) is 0 Å². The molecule has 0 atom stereocenters. The lowest BCUT2D eigenvalue weighted by Crippen LogP contribution is -2.07. The summed E-state index contributed by atoms with van der Waals surface area (Å²) in [6, 6.07) is 11.0. The summed E-state index contributed by atoms with van der Waals surface area (Å²) >= 11 is 0. The fourth-order valence-corrected chi connectivity index (χ4v) is 2.75. The van der Waals surface area contributed by atoms with Crippen molar-refractivity contribution in [1.29, 1.82) is 0 Å². The number of hydrogen-bond acceptors (Lipinski definition) is 6. The first-order chi connectivity index (χ1) is 12.1. The number of benzene rings is 1. The standard InChI is InChI=1S/C19H20N4O2/c1-3-7-15-17-16(23-19(20)22-15)11-10-14(21-17)12-8-5-6-9-13(12)18(24)25-4-2/h5-6,8-11H,3-4,7H2,1-2H3,(H2,20,22,23). The molecule has 0 fully saturated rings. The maximum absolute atomic E-state index is 12.2. The number of aromatic nitrogens is 3. The maximum Gasteiger partial charge on any atom is 0.338 e. The average Bonchev–Trinajstić information content (AvgIpc) is 2.62. The zero-order chi connectivity index (χ0) is 17.8. The van der Waals surface area contributed by atoms with Crippen LogP contribution in [0.4, 0.5) is 5.95 Å². The molecule has 0 saturated heterocycles. The second-order valence-electron chi connectivity index (χ2n) is 5.61. The summed E-state index contributed by atoms with van der Waals surface area (Å²) in [5.74, 6) is -0.111. The number of aryl methyl sites for hydroxylation is 1. The Morgan fingerprint density at radius 1 is 1.08 bits per heavy atom. The van der Waals surface area contributed by atoms with E-state index in [0.717, 1.165) is 24.1 Å². The van der Waals surface area contributed by atoms with Gasteiger partial charge in [-0.1, -0.05) is 31.5 Å². The molecular formula is C19H20N4O2. The summed E-state index contributed by atoms with van der Waals surface area (Å²) in [6.45, 7) is 4.18. The minimum atomic E-state index is -0.359. The van der Waals surface area contributed by atoms with E-state index in [1.807, 2.05) is 30.3 Å². The highest BCUT2D eigenvalue weighted by Gasteiger charge is 2.16. The van der Waals surface area contributed by atoms with Crippen LogP contribution >= 0.6 is 0 Å². The van der Waals surface area contributed by atoms with E-state index in [0.29, 0.717) is 28.9 Å². The number of nitrogen functional groups attached to an aromatic ring is 1. The van der Waals surface area contributed by atoms with Crippen molar-refractivity contribution in [2.45, 2.75) is 26.7 Å². The molecule has 128 valence electrons. The van der Waals surface area contributed by atoms with Gasteiger partial charge in [-0.3, -0.25) is 0 Å². The van der Waals surface area contributed by atoms with Gasteiger partial charge >= 0.3 is 5.97 Å². The largest absolute Gasteiger partial charge is 0.462 e. The molecule has 0 unspecified atom stereocenters. The molecule has 0 aliphatic heterocycles. The van der Waals surface area contributed by atoms with Crippen LogP contribution < -0.4 is 5.73 Å². The van der Waals surface area contributed by atoms with Crippen molar-refractivity contribution in [2.24, 2.45) is 0 Å². The first-order valence-corrected chi connectivity index (χ1v) is 8.33. The second kappa shape index (κ2) is 7.25. The minimum Gasteiger partial charge on any atom is -0.462 e. The van der Waals surface area contributed by atoms with Gasteiger partial charge in [0.1, 0.15) is 5.52 Å². The summed E-state index contributed by atoms with van der Waals surface area (Å²) in [5, 5.41) is 0. The van der Waals surface area contributed by atoms with Crippen molar-refractivity contribution in [1.82, 2.24) is 15.0 Å². The van der Waals surface area contributed by atoms with Crippen LogP contribution in [0, 0.1) is 0 Å². The molecule has 0 bridgehead atoms. The number of hydrogen-bond donors (Lipinski definition) is 1. The molecule has 6 nitrogen and oxygen atoms in total. The van der Waals surface area contributed by atoms with Crippen LogP contribution in [0.2, 0.25) is 0 Å². The number of pyridine rings is 1. The average molecular weight is 336 g/mol. The molecule has 25 heavy (non-hydrogen) atoms. The van der Waals surface area contributed by atoms with Crippen LogP contribution in [0.5, 0.6) is 0 Å². The van der Waals surface area contributed by atoms with Crippen molar-refractivity contribution in [2.75, 3.05) is 12.3 Å². The first-order valence-electron chi connectivity index (χ1n) is 8.33. The molecule has 0 aliphatic rings. The Kier molecular flexibility index (Phi) is 4.88. The molecule has 0 amide bonds. The van der Waals surface area contributed by atoms with Crippen LogP contribution in [-0.4, -0.2) is 27.5 Å². The van der Waals surface area contributed by atoms with E-state index in [1.165, 1.54) is 0 Å². The number of esters is 1. The second-order valence-corrected chi connectivity index (χ2v) is 5.61. The van der Waals surface area contributed by atoms with E-state index in [1.54, 1.807) is 13.0 Å². The van der Waals surface area contributed by atoms with Gasteiger partial charge in [0, 0.05) is 5.56 Å². The molecule has 2 N–H and O–H groups in total. The van der Waals surface area contributed by atoms with E-state index in [9.17, 15) is 4.79 Å². The van der Waals surface area contributed by atoms with Crippen LogP contribution in [0.25, 0.3) is 22.3 Å². The Bertz CT molecular complexity index is 924. The molecule has 0 radical (unpaired) electrons. The van der Waals surface area contributed by atoms with Crippen LogP contribution in [-0.2, 0) is 11.2 Å². The van der Waals surface area contributed by atoms with Crippen molar-refractivity contribution in [3.63, 3.8) is 0 Å². The topological polar surface area (TPSA) is 91.0 Å². The molecular weight excluding hydrogens is 316 g/mol. The molecule has 2 heterocycles. The quantitative estimate of drug-likeness (QED) is 0.718. The van der Waals surface area contributed by atoms with Gasteiger partial charge in [0.15, 0.2) is 0 Å². The van der Waals surface area contributed by atoms with Gasteiger partial charge < -0.3 is 10.5 Å². The van der Waals surface area contributed by atoms with E-state index >= 15 is 0 Å².